The molecule has 0 aromatic heterocycles. The van der Waals surface area contributed by atoms with Gasteiger partial charge in [-0.2, -0.15) is 0 Å². The van der Waals surface area contributed by atoms with Crippen LogP contribution in [0.1, 0.15) is 51.0 Å². The van der Waals surface area contributed by atoms with Gasteiger partial charge in [-0.1, -0.05) is 38.3 Å². The molecule has 23 heavy (non-hydrogen) atoms. The number of carboxylic acids is 1. The lowest BCUT2D eigenvalue weighted by atomic mass is 9.98. The van der Waals surface area contributed by atoms with Crippen LogP contribution >= 0.6 is 0 Å². The number of aliphatic carboxylic acids is 1. The van der Waals surface area contributed by atoms with Crippen LogP contribution in [-0.4, -0.2) is 35.7 Å². The Hall–Kier alpha value is -1.55. The summed E-state index contributed by atoms with van der Waals surface area (Å²) >= 11 is 0. The van der Waals surface area contributed by atoms with Crippen molar-refractivity contribution in [2.24, 2.45) is 5.92 Å². The van der Waals surface area contributed by atoms with E-state index in [-0.39, 0.29) is 5.92 Å². The maximum Gasteiger partial charge on any atom is 0.307 e. The molecule has 1 fully saturated rings. The third-order valence-electron chi connectivity index (χ3n) is 4.45. The van der Waals surface area contributed by atoms with E-state index < -0.39 is 5.97 Å². The fraction of sp³-hybridized carbons (Fsp3) is 0.632. The second kappa shape index (κ2) is 9.56. The highest BCUT2D eigenvalue weighted by atomic mass is 16.5. The summed E-state index contributed by atoms with van der Waals surface area (Å²) in [7, 11) is 0. The first kappa shape index (κ1) is 17.8. The highest BCUT2D eigenvalue weighted by Crippen LogP contribution is 2.20. The number of carboxylic acid groups (broad SMARTS) is 1. The third-order valence-corrected chi connectivity index (χ3v) is 4.45. The Morgan fingerprint density at radius 1 is 1.26 bits per heavy atom. The van der Waals surface area contributed by atoms with Gasteiger partial charge in [0.1, 0.15) is 5.75 Å². The van der Waals surface area contributed by atoms with Crippen molar-refractivity contribution in [3.63, 3.8) is 0 Å². The van der Waals surface area contributed by atoms with Crippen LogP contribution < -0.4 is 4.74 Å². The summed E-state index contributed by atoms with van der Waals surface area (Å²) in [5.41, 5.74) is 1.22. The summed E-state index contributed by atoms with van der Waals surface area (Å²) in [6, 6.07) is 8.22. The number of hydrogen-bond donors (Lipinski definition) is 1. The fourth-order valence-corrected chi connectivity index (χ4v) is 3.07. The predicted molar refractivity (Wildman–Crippen MR) is 91.7 cm³/mol. The Morgan fingerprint density at radius 3 is 2.74 bits per heavy atom. The maximum atomic E-state index is 11.1. The number of benzene rings is 1. The van der Waals surface area contributed by atoms with E-state index in [1.54, 1.807) is 0 Å². The number of ether oxygens (including phenoxy) is 1. The lowest BCUT2D eigenvalue weighted by Gasteiger charge is -2.30. The zero-order chi connectivity index (χ0) is 16.5. The van der Waals surface area contributed by atoms with Gasteiger partial charge in [0.15, 0.2) is 0 Å². The molecule has 0 saturated carbocycles. The molecular weight excluding hydrogens is 290 g/mol. The van der Waals surface area contributed by atoms with Crippen LogP contribution in [0.3, 0.4) is 0 Å². The highest BCUT2D eigenvalue weighted by molar-refractivity contribution is 5.70. The molecule has 2 rings (SSSR count). The number of nitrogens with zero attached hydrogens (tertiary/aromatic N) is 1. The molecule has 0 aliphatic carbocycles. The van der Waals surface area contributed by atoms with Gasteiger partial charge in [0.05, 0.1) is 12.5 Å². The van der Waals surface area contributed by atoms with Crippen LogP contribution in [0, 0.1) is 5.92 Å². The molecule has 0 bridgehead atoms. The molecule has 4 nitrogen and oxygen atoms in total. The predicted octanol–water partition coefficient (Wildman–Crippen LogP) is 3.94. The lowest BCUT2D eigenvalue weighted by molar-refractivity contribution is -0.143. The first-order chi connectivity index (χ1) is 11.2. The summed E-state index contributed by atoms with van der Waals surface area (Å²) < 4.78 is 5.75. The van der Waals surface area contributed by atoms with Crippen molar-refractivity contribution in [3.8, 4) is 5.75 Å². The van der Waals surface area contributed by atoms with Gasteiger partial charge in [-0.25, -0.2) is 0 Å². The van der Waals surface area contributed by atoms with Gasteiger partial charge in [0, 0.05) is 13.1 Å². The van der Waals surface area contributed by atoms with Crippen molar-refractivity contribution in [2.45, 2.75) is 52.0 Å². The minimum atomic E-state index is -0.665. The zero-order valence-corrected chi connectivity index (χ0v) is 14.2. The molecule has 1 saturated heterocycles. The van der Waals surface area contributed by atoms with Gasteiger partial charge in [0.25, 0.3) is 0 Å². The summed E-state index contributed by atoms with van der Waals surface area (Å²) in [6.07, 6.45) is 6.63. The number of unbranched alkanes of at least 4 members (excludes halogenated alkanes) is 3. The first-order valence-corrected chi connectivity index (χ1v) is 8.86. The summed E-state index contributed by atoms with van der Waals surface area (Å²) in [5, 5.41) is 9.15. The van der Waals surface area contributed by atoms with Gasteiger partial charge in [-0.15, -0.1) is 0 Å². The highest BCUT2D eigenvalue weighted by Gasteiger charge is 2.25. The molecule has 0 amide bonds. The first-order valence-electron chi connectivity index (χ1n) is 8.86. The maximum absolute atomic E-state index is 11.1. The van der Waals surface area contributed by atoms with Crippen LogP contribution in [0.15, 0.2) is 24.3 Å². The van der Waals surface area contributed by atoms with E-state index >= 15 is 0 Å². The van der Waals surface area contributed by atoms with Crippen molar-refractivity contribution in [3.05, 3.63) is 29.8 Å². The second-order valence-electron chi connectivity index (χ2n) is 6.47. The smallest absolute Gasteiger partial charge is 0.307 e. The van der Waals surface area contributed by atoms with Crippen LogP contribution in [0.5, 0.6) is 5.75 Å². The fourth-order valence-electron chi connectivity index (χ4n) is 3.07. The van der Waals surface area contributed by atoms with Gasteiger partial charge >= 0.3 is 5.97 Å². The Labute approximate surface area is 139 Å². The summed E-state index contributed by atoms with van der Waals surface area (Å²) in [4.78, 5) is 13.4. The van der Waals surface area contributed by atoms with Gasteiger partial charge in [-0.3, -0.25) is 9.69 Å². The van der Waals surface area contributed by atoms with Gasteiger partial charge in [0.2, 0.25) is 0 Å². The third kappa shape index (κ3) is 6.22. The Bertz CT molecular complexity index is 472. The van der Waals surface area contributed by atoms with Crippen molar-refractivity contribution in [1.82, 2.24) is 4.90 Å². The molecule has 1 N–H and O–H groups in total. The minimum absolute atomic E-state index is 0.213. The van der Waals surface area contributed by atoms with E-state index in [1.165, 1.54) is 24.8 Å². The average Bonchev–Trinajstić information content (AvgIpc) is 2.56. The number of rotatable bonds is 9. The van der Waals surface area contributed by atoms with E-state index in [2.05, 4.69) is 24.0 Å². The Kier molecular flexibility index (Phi) is 7.40. The monoisotopic (exact) mass is 319 g/mol. The molecule has 1 aliphatic rings. The molecule has 1 heterocycles. The SMILES string of the molecule is CCCCCCOc1ccc(CN2CCC[C@H](C(=O)O)C2)cc1. The van der Waals surface area contributed by atoms with Crippen LogP contribution in [0.25, 0.3) is 0 Å². The normalized spacial score (nSPS) is 18.7. The summed E-state index contributed by atoms with van der Waals surface area (Å²) in [5.74, 6) is 0.0447. The topological polar surface area (TPSA) is 49.8 Å². The average molecular weight is 319 g/mol. The Balaban J connectivity index is 1.75. The van der Waals surface area contributed by atoms with Crippen molar-refractivity contribution in [1.29, 1.82) is 0 Å². The van der Waals surface area contributed by atoms with Crippen LogP contribution in [-0.2, 0) is 11.3 Å². The zero-order valence-electron chi connectivity index (χ0n) is 14.2. The number of likely N-dealkylation sites (tertiary alicyclic amines) is 1. The Morgan fingerprint density at radius 2 is 2.04 bits per heavy atom. The molecule has 4 heteroatoms. The molecule has 1 aromatic rings. The van der Waals surface area contributed by atoms with Gasteiger partial charge < -0.3 is 9.84 Å². The second-order valence-corrected chi connectivity index (χ2v) is 6.47. The summed E-state index contributed by atoms with van der Waals surface area (Å²) in [6.45, 7) is 5.46. The van der Waals surface area contributed by atoms with Crippen molar-refractivity contribution >= 4 is 5.97 Å². The van der Waals surface area contributed by atoms with Crippen LogP contribution in [0.4, 0.5) is 0 Å². The lowest BCUT2D eigenvalue weighted by Crippen LogP contribution is -2.38. The molecule has 0 unspecified atom stereocenters. The van der Waals surface area contributed by atoms with Crippen LogP contribution in [0.2, 0.25) is 0 Å². The van der Waals surface area contributed by atoms with E-state index in [9.17, 15) is 4.79 Å². The van der Waals surface area contributed by atoms with Crippen molar-refractivity contribution in [2.75, 3.05) is 19.7 Å². The molecule has 0 radical (unpaired) electrons. The number of hydrogen-bond acceptors (Lipinski definition) is 3. The van der Waals surface area contributed by atoms with Gasteiger partial charge in [-0.05, 0) is 43.5 Å². The standard InChI is InChI=1S/C19H29NO3/c1-2-3-4-5-13-23-18-10-8-16(9-11-18)14-20-12-6-7-17(15-20)19(21)22/h8-11,17H,2-7,12-15H2,1H3,(H,21,22)/t17-/m0/s1. The van der Waals surface area contributed by atoms with Crippen molar-refractivity contribution < 1.29 is 14.6 Å². The minimum Gasteiger partial charge on any atom is -0.494 e. The van der Waals surface area contributed by atoms with E-state index in [1.807, 2.05) is 12.1 Å². The molecule has 1 aromatic carbocycles. The quantitative estimate of drug-likeness (QED) is 0.700. The van der Waals surface area contributed by atoms with E-state index in [0.717, 1.165) is 44.7 Å². The number of piperidine rings is 1. The largest absolute Gasteiger partial charge is 0.494 e. The molecule has 0 spiro atoms. The van der Waals surface area contributed by atoms with E-state index in [0.29, 0.717) is 6.54 Å². The molecule has 1 aliphatic heterocycles. The number of carbonyl (C=O) groups is 1. The van der Waals surface area contributed by atoms with E-state index in [4.69, 9.17) is 9.84 Å². The molecule has 128 valence electrons. The molecule has 1 atom stereocenters. The molecular formula is C19H29NO3.